The highest BCUT2D eigenvalue weighted by Gasteiger charge is 2.25. The lowest BCUT2D eigenvalue weighted by Crippen LogP contribution is -2.46. The van der Waals surface area contributed by atoms with Crippen molar-refractivity contribution >= 4 is 28.2 Å². The van der Waals surface area contributed by atoms with Crippen LogP contribution in [0.5, 0.6) is 0 Å². The van der Waals surface area contributed by atoms with Crippen molar-refractivity contribution in [3.05, 3.63) is 29.8 Å². The first kappa shape index (κ1) is 17.9. The second-order valence-electron chi connectivity index (χ2n) is 4.86. The van der Waals surface area contributed by atoms with E-state index in [1.165, 1.54) is 6.07 Å². The van der Waals surface area contributed by atoms with E-state index in [0.29, 0.717) is 25.1 Å². The summed E-state index contributed by atoms with van der Waals surface area (Å²) in [5, 5.41) is 3.17. The normalized spacial score (nSPS) is 15.4. The SMILES string of the molecule is CCCS(=O)(=O)c1ccccc1C(=O)N1CCNCC1.Cl. The molecule has 118 valence electrons. The summed E-state index contributed by atoms with van der Waals surface area (Å²) in [5.74, 6) is -0.124. The molecule has 2 rings (SSSR count). The molecule has 0 aromatic heterocycles. The molecule has 1 aliphatic heterocycles. The van der Waals surface area contributed by atoms with Crippen LogP contribution in [-0.4, -0.2) is 51.2 Å². The molecule has 1 saturated heterocycles. The maximum Gasteiger partial charge on any atom is 0.255 e. The molecule has 21 heavy (non-hydrogen) atoms. The fourth-order valence-corrected chi connectivity index (χ4v) is 3.87. The zero-order valence-electron chi connectivity index (χ0n) is 12.0. The van der Waals surface area contributed by atoms with Crippen molar-refractivity contribution in [3.63, 3.8) is 0 Å². The zero-order valence-corrected chi connectivity index (χ0v) is 13.7. The van der Waals surface area contributed by atoms with Crippen LogP contribution < -0.4 is 5.32 Å². The molecule has 0 radical (unpaired) electrons. The number of piperazine rings is 1. The molecule has 1 aromatic rings. The number of hydrogen-bond acceptors (Lipinski definition) is 4. The lowest BCUT2D eigenvalue weighted by atomic mass is 10.2. The van der Waals surface area contributed by atoms with E-state index in [1.807, 2.05) is 6.92 Å². The van der Waals surface area contributed by atoms with Crippen molar-refractivity contribution in [1.29, 1.82) is 0 Å². The standard InChI is InChI=1S/C14H20N2O3S.ClH/c1-2-11-20(18,19)13-6-4-3-5-12(13)14(17)16-9-7-15-8-10-16;/h3-6,15H,2,7-11H2,1H3;1H. The summed E-state index contributed by atoms with van der Waals surface area (Å²) in [7, 11) is -3.39. The maximum atomic E-state index is 12.5. The first-order chi connectivity index (χ1) is 9.56. The minimum Gasteiger partial charge on any atom is -0.336 e. The number of carbonyl (C=O) groups excluding carboxylic acids is 1. The fraction of sp³-hybridized carbons (Fsp3) is 0.500. The zero-order chi connectivity index (χ0) is 14.6. The number of hydrogen-bond donors (Lipinski definition) is 1. The van der Waals surface area contributed by atoms with Gasteiger partial charge in [0.25, 0.3) is 5.91 Å². The van der Waals surface area contributed by atoms with Crippen molar-refractivity contribution in [2.45, 2.75) is 18.2 Å². The number of sulfone groups is 1. The number of amides is 1. The van der Waals surface area contributed by atoms with Crippen molar-refractivity contribution in [2.24, 2.45) is 0 Å². The molecular formula is C14H21ClN2O3S. The second kappa shape index (κ2) is 7.77. The van der Waals surface area contributed by atoms with Gasteiger partial charge in [-0.2, -0.15) is 0 Å². The van der Waals surface area contributed by atoms with E-state index >= 15 is 0 Å². The molecular weight excluding hydrogens is 312 g/mol. The number of rotatable bonds is 4. The number of benzene rings is 1. The molecule has 0 spiro atoms. The first-order valence-corrected chi connectivity index (χ1v) is 8.53. The number of nitrogens with one attached hydrogen (secondary N) is 1. The van der Waals surface area contributed by atoms with Crippen LogP contribution in [0.25, 0.3) is 0 Å². The van der Waals surface area contributed by atoms with Crippen LogP contribution in [0.1, 0.15) is 23.7 Å². The number of carbonyl (C=O) groups is 1. The van der Waals surface area contributed by atoms with Gasteiger partial charge in [-0.3, -0.25) is 4.79 Å². The Kier molecular flexibility index (Phi) is 6.64. The Morgan fingerprint density at radius 1 is 1.24 bits per heavy atom. The van der Waals surface area contributed by atoms with Crippen LogP contribution in [0.2, 0.25) is 0 Å². The van der Waals surface area contributed by atoms with Crippen LogP contribution in [0.3, 0.4) is 0 Å². The lowest BCUT2D eigenvalue weighted by molar-refractivity contribution is 0.0732. The van der Waals surface area contributed by atoms with Gasteiger partial charge in [-0.25, -0.2) is 8.42 Å². The van der Waals surface area contributed by atoms with Gasteiger partial charge in [0, 0.05) is 26.2 Å². The third kappa shape index (κ3) is 4.18. The van der Waals surface area contributed by atoms with Crippen molar-refractivity contribution < 1.29 is 13.2 Å². The highest BCUT2D eigenvalue weighted by Crippen LogP contribution is 2.19. The van der Waals surface area contributed by atoms with Gasteiger partial charge in [0.05, 0.1) is 16.2 Å². The molecule has 0 saturated carbocycles. The Labute approximate surface area is 132 Å². The summed E-state index contributed by atoms with van der Waals surface area (Å²) >= 11 is 0. The molecule has 7 heteroatoms. The van der Waals surface area contributed by atoms with Gasteiger partial charge < -0.3 is 10.2 Å². The third-order valence-electron chi connectivity index (χ3n) is 3.33. The third-order valence-corrected chi connectivity index (χ3v) is 5.30. The van der Waals surface area contributed by atoms with E-state index in [0.717, 1.165) is 13.1 Å². The van der Waals surface area contributed by atoms with Gasteiger partial charge in [0.2, 0.25) is 0 Å². The van der Waals surface area contributed by atoms with Gasteiger partial charge in [-0.1, -0.05) is 19.1 Å². The Balaban J connectivity index is 0.00000220. The average molecular weight is 333 g/mol. The van der Waals surface area contributed by atoms with Crippen LogP contribution in [0, 0.1) is 0 Å². The smallest absolute Gasteiger partial charge is 0.255 e. The Morgan fingerprint density at radius 2 is 1.86 bits per heavy atom. The van der Waals surface area contributed by atoms with Crippen LogP contribution in [0.15, 0.2) is 29.2 Å². The average Bonchev–Trinajstić information content (AvgIpc) is 2.47. The minimum atomic E-state index is -3.39. The molecule has 1 N–H and O–H groups in total. The predicted molar refractivity (Wildman–Crippen MR) is 84.8 cm³/mol. The minimum absolute atomic E-state index is 0. The Morgan fingerprint density at radius 3 is 2.48 bits per heavy atom. The van der Waals surface area contributed by atoms with Crippen LogP contribution in [-0.2, 0) is 9.84 Å². The molecule has 1 aliphatic rings. The molecule has 1 amide bonds. The maximum absolute atomic E-state index is 12.5. The van der Waals surface area contributed by atoms with Gasteiger partial charge in [-0.05, 0) is 18.6 Å². The van der Waals surface area contributed by atoms with E-state index in [2.05, 4.69) is 5.32 Å². The molecule has 5 nitrogen and oxygen atoms in total. The van der Waals surface area contributed by atoms with Crippen molar-refractivity contribution in [3.8, 4) is 0 Å². The van der Waals surface area contributed by atoms with Gasteiger partial charge >= 0.3 is 0 Å². The summed E-state index contributed by atoms with van der Waals surface area (Å²) in [4.78, 5) is 14.4. The van der Waals surface area contributed by atoms with Gasteiger partial charge in [0.15, 0.2) is 9.84 Å². The van der Waals surface area contributed by atoms with E-state index in [4.69, 9.17) is 0 Å². The largest absolute Gasteiger partial charge is 0.336 e. The molecule has 0 unspecified atom stereocenters. The predicted octanol–water partition coefficient (Wildman–Crippen LogP) is 1.34. The fourth-order valence-electron chi connectivity index (χ4n) is 2.33. The lowest BCUT2D eigenvalue weighted by Gasteiger charge is -2.28. The van der Waals surface area contributed by atoms with Gasteiger partial charge in [-0.15, -0.1) is 12.4 Å². The topological polar surface area (TPSA) is 66.5 Å². The van der Waals surface area contributed by atoms with E-state index < -0.39 is 9.84 Å². The molecule has 1 heterocycles. The summed E-state index contributed by atoms with van der Waals surface area (Å²) in [6.45, 7) is 4.53. The quantitative estimate of drug-likeness (QED) is 0.903. The van der Waals surface area contributed by atoms with Crippen LogP contribution >= 0.6 is 12.4 Å². The van der Waals surface area contributed by atoms with Crippen LogP contribution in [0.4, 0.5) is 0 Å². The molecule has 0 aliphatic carbocycles. The monoisotopic (exact) mass is 332 g/mol. The number of halogens is 1. The number of nitrogens with zero attached hydrogens (tertiary/aromatic N) is 1. The molecule has 1 aromatic carbocycles. The summed E-state index contributed by atoms with van der Waals surface area (Å²) in [5.41, 5.74) is 0.294. The Hall–Kier alpha value is -1.11. The van der Waals surface area contributed by atoms with E-state index in [9.17, 15) is 13.2 Å². The Bertz CT molecular complexity index is 584. The van der Waals surface area contributed by atoms with Gasteiger partial charge in [0.1, 0.15) is 0 Å². The second-order valence-corrected chi connectivity index (χ2v) is 6.93. The highest BCUT2D eigenvalue weighted by atomic mass is 35.5. The molecule has 1 fully saturated rings. The van der Waals surface area contributed by atoms with Crippen molar-refractivity contribution in [1.82, 2.24) is 10.2 Å². The molecule has 0 bridgehead atoms. The summed E-state index contributed by atoms with van der Waals surface area (Å²) < 4.78 is 24.5. The highest BCUT2D eigenvalue weighted by molar-refractivity contribution is 7.91. The van der Waals surface area contributed by atoms with E-state index in [1.54, 1.807) is 23.1 Å². The van der Waals surface area contributed by atoms with E-state index in [-0.39, 0.29) is 29.0 Å². The summed E-state index contributed by atoms with van der Waals surface area (Å²) in [6.07, 6.45) is 0.540. The van der Waals surface area contributed by atoms with Crippen molar-refractivity contribution in [2.75, 3.05) is 31.9 Å². The molecule has 0 atom stereocenters. The summed E-state index contributed by atoms with van der Waals surface area (Å²) in [6, 6.07) is 6.50. The first-order valence-electron chi connectivity index (χ1n) is 6.88.